The van der Waals surface area contributed by atoms with Gasteiger partial charge in [-0.25, -0.2) is 0 Å². The molecular weight excluding hydrogens is 1290 g/mol. The van der Waals surface area contributed by atoms with Gasteiger partial charge in [-0.3, -0.25) is 0 Å². The fourth-order valence-corrected chi connectivity index (χ4v) is 23.1. The number of rotatable bonds is 28. The largest absolute Gasteiger partial charge is 0.493 e. The third-order valence-electron chi connectivity index (χ3n) is 18.4. The molecule has 0 atom stereocenters. The first kappa shape index (κ1) is 70.0. The van der Waals surface area contributed by atoms with Gasteiger partial charge in [0.2, 0.25) is 0 Å². The van der Waals surface area contributed by atoms with Crippen LogP contribution in [0.3, 0.4) is 0 Å². The van der Waals surface area contributed by atoms with E-state index in [1.54, 1.807) is 0 Å². The SMILES string of the molecule is CCCOc1c2cc(CP(c3ccccc3)c3ccccc3)cc1Cc1cc(CP(c3ccccc3)c3ccccc3)cc(c1OCCC)Cc1cc(CP(c3ccccc3)c3ccccc3)cc(c1OCCC)Cc1cc(CP(c3ccccc3)c3ccccc3)cc(c1OCCC)C2. The van der Waals surface area contributed by atoms with Gasteiger partial charge in [0, 0.05) is 50.3 Å². The lowest BCUT2D eigenvalue weighted by Gasteiger charge is -2.27. The van der Waals surface area contributed by atoms with Gasteiger partial charge in [-0.15, -0.1) is 0 Å². The van der Waals surface area contributed by atoms with Crippen LogP contribution in [0, 0.1) is 0 Å². The Kier molecular flexibility index (Phi) is 24.7. The number of fused-ring (bicyclic) bond motifs is 8. The molecule has 12 aromatic carbocycles. The first-order valence-corrected chi connectivity index (χ1v) is 42.1. The van der Waals surface area contributed by atoms with E-state index < -0.39 is 31.7 Å². The van der Waals surface area contributed by atoms with E-state index >= 15 is 0 Å². The molecule has 13 rings (SSSR count). The van der Waals surface area contributed by atoms with Crippen LogP contribution in [0.4, 0.5) is 0 Å². The fraction of sp³-hybridized carbons (Fsp3) is 0.217. The highest BCUT2D eigenvalue weighted by atomic mass is 31.1. The van der Waals surface area contributed by atoms with E-state index in [1.165, 1.54) is 109 Å². The van der Waals surface area contributed by atoms with Crippen LogP contribution < -0.4 is 61.4 Å². The summed E-state index contributed by atoms with van der Waals surface area (Å²) >= 11 is 0. The van der Waals surface area contributed by atoms with Gasteiger partial charge < -0.3 is 18.9 Å². The molecule has 0 heterocycles. The normalized spacial score (nSPS) is 12.1. The lowest BCUT2D eigenvalue weighted by Crippen LogP contribution is -2.15. The van der Waals surface area contributed by atoms with Crippen molar-refractivity contribution in [3.63, 3.8) is 0 Å². The van der Waals surface area contributed by atoms with Crippen LogP contribution in [0.15, 0.2) is 291 Å². The first-order valence-electron chi connectivity index (χ1n) is 36.0. The van der Waals surface area contributed by atoms with Gasteiger partial charge in [-0.2, -0.15) is 0 Å². The zero-order valence-electron chi connectivity index (χ0n) is 58.4. The predicted octanol–water partition coefficient (Wildman–Crippen LogP) is 20.1. The van der Waals surface area contributed by atoms with Crippen molar-refractivity contribution in [1.29, 1.82) is 0 Å². The standard InChI is InChI=1S/C92H92O4P4/c1-5-49-93-89-73-53-69(65-97(81-33-17-9-18-34-81)82-35-19-10-20-36-82)54-74(89)62-76-56-71(67-99(85-41-25-13-26-42-85)86-43-27-14-28-44-86)58-78(91(76)95-51-7-3)64-80-60-72(68-100(87-45-29-15-30-46-87)88-47-31-16-32-48-88)59-79(92(80)96-52-8-4)63-77-57-70(55-75(61-73)90(77)94-50-6-2)66-98(83-37-21-11-22-38-83)84-39-23-12-24-40-84/h9-48,53-60H,5-8,49-52,61-68H2,1-4H3. The van der Waals surface area contributed by atoms with Crippen molar-refractivity contribution in [1.82, 2.24) is 0 Å². The summed E-state index contributed by atoms with van der Waals surface area (Å²) in [5.41, 5.74) is 14.6. The molecule has 0 amide bonds. The van der Waals surface area contributed by atoms with Crippen molar-refractivity contribution < 1.29 is 18.9 Å². The Balaban J connectivity index is 1.10. The van der Waals surface area contributed by atoms with Crippen LogP contribution in [-0.2, 0) is 50.3 Å². The van der Waals surface area contributed by atoms with E-state index in [1.807, 2.05) is 0 Å². The maximum absolute atomic E-state index is 7.41. The molecule has 1 aliphatic carbocycles. The van der Waals surface area contributed by atoms with Gasteiger partial charge in [0.15, 0.2) is 0 Å². The van der Waals surface area contributed by atoms with Crippen molar-refractivity contribution in [2.45, 2.75) is 104 Å². The highest BCUT2D eigenvalue weighted by molar-refractivity contribution is 7.73. The Morgan fingerprint density at radius 2 is 0.350 bits per heavy atom. The van der Waals surface area contributed by atoms with Crippen LogP contribution in [0.5, 0.6) is 23.0 Å². The third-order valence-corrected chi connectivity index (χ3v) is 28.5. The Bertz CT molecular complexity index is 3710. The summed E-state index contributed by atoms with van der Waals surface area (Å²) in [7, 11) is -3.25. The van der Waals surface area contributed by atoms with Gasteiger partial charge in [0.1, 0.15) is 23.0 Å². The summed E-state index contributed by atoms with van der Waals surface area (Å²) in [6.07, 6.45) is 9.34. The molecule has 0 saturated heterocycles. The van der Waals surface area contributed by atoms with E-state index in [4.69, 9.17) is 18.9 Å². The highest BCUT2D eigenvalue weighted by Gasteiger charge is 2.29. The zero-order valence-corrected chi connectivity index (χ0v) is 62.0. The molecule has 0 N–H and O–H groups in total. The van der Waals surface area contributed by atoms with E-state index in [9.17, 15) is 0 Å². The molecule has 0 unspecified atom stereocenters. The van der Waals surface area contributed by atoms with Gasteiger partial charge in [0.05, 0.1) is 26.4 Å². The van der Waals surface area contributed by atoms with Crippen LogP contribution in [0.25, 0.3) is 0 Å². The second-order valence-electron chi connectivity index (χ2n) is 26.1. The quantitative estimate of drug-likeness (QED) is 0.0458. The van der Waals surface area contributed by atoms with Crippen molar-refractivity contribution in [3.8, 4) is 23.0 Å². The molecule has 0 spiro atoms. The summed E-state index contributed by atoms with van der Waals surface area (Å²) in [6.45, 7) is 11.3. The summed E-state index contributed by atoms with van der Waals surface area (Å²) in [6, 6.07) is 110. The van der Waals surface area contributed by atoms with E-state index in [2.05, 4.69) is 319 Å². The zero-order chi connectivity index (χ0) is 68.2. The van der Waals surface area contributed by atoms with Crippen molar-refractivity contribution in [3.05, 3.63) is 358 Å². The molecule has 504 valence electrons. The van der Waals surface area contributed by atoms with E-state index in [-0.39, 0.29) is 0 Å². The Morgan fingerprint density at radius 3 is 0.480 bits per heavy atom. The maximum atomic E-state index is 7.41. The average Bonchev–Trinajstić information content (AvgIpc) is 0.771. The van der Waals surface area contributed by atoms with Crippen LogP contribution in [-0.4, -0.2) is 26.4 Å². The second-order valence-corrected chi connectivity index (χ2v) is 34.9. The van der Waals surface area contributed by atoms with Crippen molar-refractivity contribution in [2.75, 3.05) is 26.4 Å². The molecular formula is C92H92O4P4. The molecule has 8 bridgehead atoms. The number of hydrogen-bond acceptors (Lipinski definition) is 4. The second kappa shape index (κ2) is 35.2. The topological polar surface area (TPSA) is 36.9 Å². The third kappa shape index (κ3) is 17.6. The number of hydrogen-bond donors (Lipinski definition) is 0. The number of benzene rings is 12. The minimum absolute atomic E-state index is 0.584. The molecule has 8 heteroatoms. The highest BCUT2D eigenvalue weighted by Crippen LogP contribution is 2.48. The molecule has 0 aromatic heterocycles. The molecule has 0 fully saturated rings. The summed E-state index contributed by atoms with van der Waals surface area (Å²) in [4.78, 5) is 0. The predicted molar refractivity (Wildman–Crippen MR) is 431 cm³/mol. The molecule has 4 nitrogen and oxygen atoms in total. The average molecular weight is 1390 g/mol. The van der Waals surface area contributed by atoms with E-state index in [0.29, 0.717) is 52.1 Å². The van der Waals surface area contributed by atoms with Crippen LogP contribution >= 0.6 is 31.7 Å². The van der Waals surface area contributed by atoms with Crippen LogP contribution in [0.1, 0.15) is 120 Å². The Morgan fingerprint density at radius 1 is 0.210 bits per heavy atom. The van der Waals surface area contributed by atoms with Crippen LogP contribution in [0.2, 0.25) is 0 Å². The summed E-state index contributed by atoms with van der Waals surface area (Å²) in [5, 5.41) is 10.9. The molecule has 12 aromatic rings. The fourth-order valence-electron chi connectivity index (χ4n) is 14.0. The molecule has 0 aliphatic heterocycles. The Hall–Kier alpha value is -8.44. The van der Waals surface area contributed by atoms with Gasteiger partial charge >= 0.3 is 0 Å². The van der Waals surface area contributed by atoms with Gasteiger partial charge in [0.25, 0.3) is 0 Å². The lowest BCUT2D eigenvalue weighted by atomic mass is 9.88. The monoisotopic (exact) mass is 1380 g/mol. The molecule has 100 heavy (non-hydrogen) atoms. The summed E-state index contributed by atoms with van der Waals surface area (Å²) < 4.78 is 29.6. The first-order chi connectivity index (χ1) is 49.4. The minimum atomic E-state index is -0.813. The molecule has 1 aliphatic rings. The maximum Gasteiger partial charge on any atom is 0.126 e. The lowest BCUT2D eigenvalue weighted by molar-refractivity contribution is 0.304. The Labute approximate surface area is 600 Å². The van der Waals surface area contributed by atoms with Crippen molar-refractivity contribution >= 4 is 74.1 Å². The van der Waals surface area contributed by atoms with Gasteiger partial charge in [-0.05, 0) is 167 Å². The number of ether oxygens (including phenoxy) is 4. The summed E-state index contributed by atoms with van der Waals surface area (Å²) in [5.74, 6) is 3.86. The molecule has 0 saturated carbocycles. The van der Waals surface area contributed by atoms with Gasteiger partial charge in [-0.1, -0.05) is 319 Å². The van der Waals surface area contributed by atoms with E-state index in [0.717, 1.165) is 73.3 Å². The minimum Gasteiger partial charge on any atom is -0.493 e. The smallest absolute Gasteiger partial charge is 0.126 e. The molecule has 0 radical (unpaired) electrons. The van der Waals surface area contributed by atoms with Crippen molar-refractivity contribution in [2.24, 2.45) is 0 Å².